The lowest BCUT2D eigenvalue weighted by molar-refractivity contribution is -0.126. The Morgan fingerprint density at radius 2 is 1.71 bits per heavy atom. The lowest BCUT2D eigenvalue weighted by atomic mass is 9.81. The van der Waals surface area contributed by atoms with E-state index in [0.717, 1.165) is 12.8 Å². The third kappa shape index (κ3) is 6.03. The molecule has 0 spiro atoms. The molecule has 0 atom stereocenters. The van der Waals surface area contributed by atoms with Crippen molar-refractivity contribution in [2.45, 2.75) is 46.1 Å². The summed E-state index contributed by atoms with van der Waals surface area (Å²) in [5, 5.41) is 3.30. The summed E-state index contributed by atoms with van der Waals surface area (Å²) in [6.07, 6.45) is 1.54. The molecule has 4 heteroatoms. The first-order chi connectivity index (χ1) is 7.84. The van der Waals surface area contributed by atoms with E-state index < -0.39 is 5.54 Å². The van der Waals surface area contributed by atoms with Crippen LogP contribution in [0.25, 0.3) is 0 Å². The van der Waals surface area contributed by atoms with Crippen LogP contribution < -0.4 is 11.1 Å². The van der Waals surface area contributed by atoms with E-state index in [-0.39, 0.29) is 5.91 Å². The highest BCUT2D eigenvalue weighted by atomic mass is 16.5. The molecule has 0 radical (unpaired) electrons. The lowest BCUT2D eigenvalue weighted by Crippen LogP contribution is -2.57. The van der Waals surface area contributed by atoms with E-state index >= 15 is 0 Å². The Bertz CT molecular complexity index is 217. The van der Waals surface area contributed by atoms with Crippen LogP contribution in [-0.4, -0.2) is 31.7 Å². The summed E-state index contributed by atoms with van der Waals surface area (Å²) in [5.74, 6) is 0.601. The Balaban J connectivity index is 4.75. The van der Waals surface area contributed by atoms with Gasteiger partial charge in [-0.3, -0.25) is 4.79 Å². The molecule has 0 aromatic rings. The SMILES string of the molecule is COCCNC(CC(C)C)(CC(C)C)C(N)=O. The first-order valence-electron chi connectivity index (χ1n) is 6.38. The molecule has 0 saturated heterocycles. The molecule has 0 saturated carbocycles. The summed E-state index contributed by atoms with van der Waals surface area (Å²) >= 11 is 0. The Morgan fingerprint density at radius 1 is 1.24 bits per heavy atom. The lowest BCUT2D eigenvalue weighted by Gasteiger charge is -2.35. The van der Waals surface area contributed by atoms with Gasteiger partial charge in [-0.1, -0.05) is 27.7 Å². The van der Waals surface area contributed by atoms with Crippen molar-refractivity contribution in [3.63, 3.8) is 0 Å². The van der Waals surface area contributed by atoms with Crippen LogP contribution in [0, 0.1) is 11.8 Å². The minimum absolute atomic E-state index is 0.254. The number of ether oxygens (including phenoxy) is 1. The second-order valence-electron chi connectivity index (χ2n) is 5.56. The summed E-state index contributed by atoms with van der Waals surface area (Å²) in [5.41, 5.74) is 5.01. The highest BCUT2D eigenvalue weighted by Gasteiger charge is 2.37. The van der Waals surface area contributed by atoms with Gasteiger partial charge in [0.05, 0.1) is 12.1 Å². The quantitative estimate of drug-likeness (QED) is 0.605. The molecule has 0 bridgehead atoms. The van der Waals surface area contributed by atoms with Crippen molar-refractivity contribution in [2.75, 3.05) is 20.3 Å². The average Bonchev–Trinajstić information content (AvgIpc) is 2.15. The number of methoxy groups -OCH3 is 1. The number of carbonyl (C=O) groups excluding carboxylic acids is 1. The number of carbonyl (C=O) groups is 1. The Kier molecular flexibility index (Phi) is 7.39. The fraction of sp³-hybridized carbons (Fsp3) is 0.923. The van der Waals surface area contributed by atoms with Crippen LogP contribution in [0.3, 0.4) is 0 Å². The minimum atomic E-state index is -0.596. The Labute approximate surface area is 105 Å². The monoisotopic (exact) mass is 244 g/mol. The summed E-state index contributed by atoms with van der Waals surface area (Å²) in [6.45, 7) is 9.67. The first kappa shape index (κ1) is 16.4. The molecule has 1 amide bonds. The predicted molar refractivity (Wildman–Crippen MR) is 70.7 cm³/mol. The van der Waals surface area contributed by atoms with Crippen molar-refractivity contribution in [2.24, 2.45) is 17.6 Å². The summed E-state index contributed by atoms with van der Waals surface area (Å²) in [4.78, 5) is 11.8. The molecule has 17 heavy (non-hydrogen) atoms. The van der Waals surface area contributed by atoms with Gasteiger partial charge in [-0.2, -0.15) is 0 Å². The van der Waals surface area contributed by atoms with Gasteiger partial charge in [0.25, 0.3) is 0 Å². The van der Waals surface area contributed by atoms with Gasteiger partial charge in [0.15, 0.2) is 0 Å². The standard InChI is InChI=1S/C13H28N2O2/c1-10(2)8-13(12(14)16,9-11(3)4)15-6-7-17-5/h10-11,15H,6-9H2,1-5H3,(H2,14,16). The zero-order valence-corrected chi connectivity index (χ0v) is 11.9. The van der Waals surface area contributed by atoms with E-state index in [4.69, 9.17) is 10.5 Å². The molecule has 0 aromatic carbocycles. The topological polar surface area (TPSA) is 64.3 Å². The Hall–Kier alpha value is -0.610. The molecule has 0 aromatic heterocycles. The summed E-state index contributed by atoms with van der Waals surface area (Å²) in [7, 11) is 1.65. The fourth-order valence-corrected chi connectivity index (χ4v) is 2.30. The molecular formula is C13H28N2O2. The molecule has 3 N–H and O–H groups in total. The molecular weight excluding hydrogens is 216 g/mol. The van der Waals surface area contributed by atoms with Crippen LogP contribution in [0.2, 0.25) is 0 Å². The first-order valence-corrected chi connectivity index (χ1v) is 6.38. The highest BCUT2D eigenvalue weighted by Crippen LogP contribution is 2.24. The largest absolute Gasteiger partial charge is 0.383 e. The number of amides is 1. The third-order valence-electron chi connectivity index (χ3n) is 2.75. The van der Waals surface area contributed by atoms with E-state index in [1.54, 1.807) is 7.11 Å². The Morgan fingerprint density at radius 3 is 2.00 bits per heavy atom. The molecule has 0 rings (SSSR count). The number of nitrogens with one attached hydrogen (secondary N) is 1. The molecule has 0 unspecified atom stereocenters. The zero-order chi connectivity index (χ0) is 13.5. The maximum Gasteiger partial charge on any atom is 0.237 e. The number of nitrogens with two attached hydrogens (primary N) is 1. The van der Waals surface area contributed by atoms with E-state index in [1.807, 2.05) is 0 Å². The van der Waals surface area contributed by atoms with E-state index in [9.17, 15) is 4.79 Å². The molecule has 0 fully saturated rings. The van der Waals surface area contributed by atoms with Gasteiger partial charge in [0.1, 0.15) is 0 Å². The number of rotatable bonds is 9. The van der Waals surface area contributed by atoms with Gasteiger partial charge >= 0.3 is 0 Å². The average molecular weight is 244 g/mol. The predicted octanol–water partition coefficient (Wildman–Crippen LogP) is 1.54. The number of primary amides is 1. The van der Waals surface area contributed by atoms with Crippen LogP contribution in [0.4, 0.5) is 0 Å². The van der Waals surface area contributed by atoms with Crippen molar-refractivity contribution < 1.29 is 9.53 Å². The zero-order valence-electron chi connectivity index (χ0n) is 11.9. The van der Waals surface area contributed by atoms with Crippen molar-refractivity contribution in [3.8, 4) is 0 Å². The van der Waals surface area contributed by atoms with Gasteiger partial charge in [-0.25, -0.2) is 0 Å². The maximum absolute atomic E-state index is 11.8. The van der Waals surface area contributed by atoms with Crippen LogP contribution in [-0.2, 0) is 9.53 Å². The highest BCUT2D eigenvalue weighted by molar-refractivity contribution is 5.84. The van der Waals surface area contributed by atoms with E-state index in [2.05, 4.69) is 33.0 Å². The van der Waals surface area contributed by atoms with E-state index in [0.29, 0.717) is 25.0 Å². The summed E-state index contributed by atoms with van der Waals surface area (Å²) in [6, 6.07) is 0. The van der Waals surface area contributed by atoms with Gasteiger partial charge in [0.2, 0.25) is 5.91 Å². The fourth-order valence-electron chi connectivity index (χ4n) is 2.30. The number of hydrogen-bond acceptors (Lipinski definition) is 3. The smallest absolute Gasteiger partial charge is 0.237 e. The van der Waals surface area contributed by atoms with Crippen molar-refractivity contribution >= 4 is 5.91 Å². The molecule has 4 nitrogen and oxygen atoms in total. The van der Waals surface area contributed by atoms with Gasteiger partial charge < -0.3 is 15.8 Å². The third-order valence-corrected chi connectivity index (χ3v) is 2.75. The van der Waals surface area contributed by atoms with Crippen molar-refractivity contribution in [1.82, 2.24) is 5.32 Å². The number of hydrogen-bond donors (Lipinski definition) is 2. The molecule has 0 heterocycles. The van der Waals surface area contributed by atoms with Gasteiger partial charge in [0, 0.05) is 13.7 Å². The minimum Gasteiger partial charge on any atom is -0.383 e. The molecule has 0 aliphatic rings. The molecule has 0 aliphatic carbocycles. The van der Waals surface area contributed by atoms with Crippen LogP contribution in [0.1, 0.15) is 40.5 Å². The van der Waals surface area contributed by atoms with Gasteiger partial charge in [-0.15, -0.1) is 0 Å². The normalized spacial score (nSPS) is 12.4. The second kappa shape index (κ2) is 7.67. The van der Waals surface area contributed by atoms with Crippen molar-refractivity contribution in [3.05, 3.63) is 0 Å². The second-order valence-corrected chi connectivity index (χ2v) is 5.56. The van der Waals surface area contributed by atoms with E-state index in [1.165, 1.54) is 0 Å². The molecule has 102 valence electrons. The maximum atomic E-state index is 11.8. The van der Waals surface area contributed by atoms with Crippen LogP contribution in [0.15, 0.2) is 0 Å². The van der Waals surface area contributed by atoms with Crippen LogP contribution in [0.5, 0.6) is 0 Å². The van der Waals surface area contributed by atoms with Crippen molar-refractivity contribution in [1.29, 1.82) is 0 Å². The van der Waals surface area contributed by atoms with Gasteiger partial charge in [-0.05, 0) is 24.7 Å². The summed E-state index contributed by atoms with van der Waals surface area (Å²) < 4.78 is 5.01. The van der Waals surface area contributed by atoms with Crippen LogP contribution >= 0.6 is 0 Å². The molecule has 0 aliphatic heterocycles.